The van der Waals surface area contributed by atoms with E-state index in [1.807, 2.05) is 30.3 Å². The Balaban J connectivity index is 1.62. The van der Waals surface area contributed by atoms with Crippen LogP contribution in [0.1, 0.15) is 27.0 Å². The molecule has 0 aliphatic carbocycles. The Kier molecular flexibility index (Phi) is 5.83. The molecular formula is C19H18FNO3S2. The summed E-state index contributed by atoms with van der Waals surface area (Å²) in [6.07, 6.45) is -0.737. The second kappa shape index (κ2) is 8.09. The lowest BCUT2D eigenvalue weighted by molar-refractivity contribution is 0.224. The van der Waals surface area contributed by atoms with Crippen LogP contribution in [0.3, 0.4) is 0 Å². The molecule has 0 radical (unpaired) electrons. The van der Waals surface area contributed by atoms with Gasteiger partial charge in [-0.2, -0.15) is 0 Å². The smallest absolute Gasteiger partial charge is 0.216 e. The van der Waals surface area contributed by atoms with E-state index in [0.29, 0.717) is 5.56 Å². The molecule has 4 nitrogen and oxygen atoms in total. The molecule has 1 unspecified atom stereocenters. The average Bonchev–Trinajstić information content (AvgIpc) is 3.09. The Morgan fingerprint density at radius 1 is 1.04 bits per heavy atom. The number of nitrogens with one attached hydrogen (secondary N) is 1. The quantitative estimate of drug-likeness (QED) is 0.647. The van der Waals surface area contributed by atoms with Crippen LogP contribution in [0.4, 0.5) is 4.39 Å². The van der Waals surface area contributed by atoms with Crippen molar-refractivity contribution in [1.82, 2.24) is 4.72 Å². The predicted octanol–water partition coefficient (Wildman–Crippen LogP) is 3.59. The van der Waals surface area contributed by atoms with Crippen molar-refractivity contribution in [1.29, 1.82) is 0 Å². The molecule has 3 aromatic rings. The van der Waals surface area contributed by atoms with Crippen LogP contribution < -0.4 is 4.72 Å². The third-order valence-corrected chi connectivity index (χ3v) is 6.21. The normalized spacial score (nSPS) is 12.8. The maximum atomic E-state index is 13.2. The molecule has 1 heterocycles. The molecule has 2 aromatic carbocycles. The Hall–Kier alpha value is -2.06. The van der Waals surface area contributed by atoms with Crippen LogP contribution in [0.15, 0.2) is 66.7 Å². The second-order valence-electron chi connectivity index (χ2n) is 5.83. The molecule has 0 saturated carbocycles. The molecule has 0 fully saturated rings. The molecule has 7 heteroatoms. The number of sulfonamides is 1. The van der Waals surface area contributed by atoms with Crippen LogP contribution in [-0.4, -0.2) is 13.5 Å². The number of aliphatic hydroxyl groups excluding tert-OH is 1. The van der Waals surface area contributed by atoms with Crippen molar-refractivity contribution in [2.24, 2.45) is 0 Å². The van der Waals surface area contributed by atoms with Gasteiger partial charge in [0.1, 0.15) is 11.9 Å². The van der Waals surface area contributed by atoms with E-state index in [4.69, 9.17) is 0 Å². The monoisotopic (exact) mass is 391 g/mol. The maximum Gasteiger partial charge on any atom is 0.216 e. The van der Waals surface area contributed by atoms with Gasteiger partial charge in [0.15, 0.2) is 0 Å². The molecule has 3 rings (SSSR count). The number of aliphatic hydroxyl groups is 1. The summed E-state index contributed by atoms with van der Waals surface area (Å²) in [4.78, 5) is 1.54. The van der Waals surface area contributed by atoms with Crippen molar-refractivity contribution in [3.05, 3.63) is 93.4 Å². The Morgan fingerprint density at radius 3 is 2.54 bits per heavy atom. The number of halogens is 1. The summed E-state index contributed by atoms with van der Waals surface area (Å²) in [6, 6.07) is 18.4. The average molecular weight is 391 g/mol. The second-order valence-corrected chi connectivity index (χ2v) is 8.83. The van der Waals surface area contributed by atoms with E-state index < -0.39 is 21.9 Å². The summed E-state index contributed by atoms with van der Waals surface area (Å²) in [5.74, 6) is -0.745. The van der Waals surface area contributed by atoms with Gasteiger partial charge < -0.3 is 5.11 Å². The van der Waals surface area contributed by atoms with Crippen LogP contribution >= 0.6 is 11.3 Å². The van der Waals surface area contributed by atoms with Crippen molar-refractivity contribution in [2.75, 3.05) is 0 Å². The fourth-order valence-electron chi connectivity index (χ4n) is 2.51. The first-order chi connectivity index (χ1) is 12.4. The lowest BCUT2D eigenvalue weighted by Gasteiger charge is -2.08. The fourth-order valence-corrected chi connectivity index (χ4v) is 4.67. The van der Waals surface area contributed by atoms with Gasteiger partial charge in [0.2, 0.25) is 10.0 Å². The van der Waals surface area contributed by atoms with Gasteiger partial charge in [0.25, 0.3) is 0 Å². The van der Waals surface area contributed by atoms with Gasteiger partial charge in [0, 0.05) is 16.3 Å². The zero-order chi connectivity index (χ0) is 18.6. The van der Waals surface area contributed by atoms with E-state index in [1.54, 1.807) is 18.2 Å². The van der Waals surface area contributed by atoms with Gasteiger partial charge in [-0.1, -0.05) is 42.5 Å². The third-order valence-electron chi connectivity index (χ3n) is 3.78. The van der Waals surface area contributed by atoms with Gasteiger partial charge in [-0.05, 0) is 35.4 Å². The van der Waals surface area contributed by atoms with E-state index in [0.717, 1.165) is 15.3 Å². The molecule has 1 atom stereocenters. The van der Waals surface area contributed by atoms with Gasteiger partial charge >= 0.3 is 0 Å². The first-order valence-electron chi connectivity index (χ1n) is 7.96. The summed E-state index contributed by atoms with van der Waals surface area (Å²) < 4.78 is 40.0. The minimum Gasteiger partial charge on any atom is -0.383 e. The van der Waals surface area contributed by atoms with Gasteiger partial charge in [-0.15, -0.1) is 11.3 Å². The number of hydrogen-bond acceptors (Lipinski definition) is 4. The maximum absolute atomic E-state index is 13.2. The van der Waals surface area contributed by atoms with E-state index in [2.05, 4.69) is 4.72 Å². The number of hydrogen-bond donors (Lipinski definition) is 2. The standard InChI is InChI=1S/C19H18FNO3S2/c20-16-8-4-5-14(11-16)13-26(23,24)21-12-17-9-10-18(25-17)19(22)15-6-2-1-3-7-15/h1-11,19,21-22H,12-13H2. The van der Waals surface area contributed by atoms with Crippen molar-refractivity contribution in [3.63, 3.8) is 0 Å². The van der Waals surface area contributed by atoms with E-state index in [-0.39, 0.29) is 12.3 Å². The van der Waals surface area contributed by atoms with E-state index >= 15 is 0 Å². The molecule has 0 amide bonds. The first-order valence-corrected chi connectivity index (χ1v) is 10.4. The molecule has 1 aromatic heterocycles. The highest BCUT2D eigenvalue weighted by atomic mass is 32.2. The van der Waals surface area contributed by atoms with E-state index in [1.165, 1.54) is 29.5 Å². The number of benzene rings is 2. The molecule has 2 N–H and O–H groups in total. The highest BCUT2D eigenvalue weighted by molar-refractivity contribution is 7.88. The minimum atomic E-state index is -3.59. The summed E-state index contributed by atoms with van der Waals surface area (Å²) in [6.45, 7) is 0.129. The van der Waals surface area contributed by atoms with Gasteiger partial charge in [0.05, 0.1) is 5.75 Å². The highest BCUT2D eigenvalue weighted by Crippen LogP contribution is 2.28. The Labute approximate surface area is 156 Å². The van der Waals surface area contributed by atoms with Crippen LogP contribution in [-0.2, 0) is 22.3 Å². The van der Waals surface area contributed by atoms with Crippen molar-refractivity contribution >= 4 is 21.4 Å². The zero-order valence-electron chi connectivity index (χ0n) is 13.8. The Bertz CT molecular complexity index is 971. The minimum absolute atomic E-state index is 0.129. The molecule has 0 spiro atoms. The van der Waals surface area contributed by atoms with Crippen molar-refractivity contribution in [3.8, 4) is 0 Å². The van der Waals surface area contributed by atoms with Crippen LogP contribution in [0.25, 0.3) is 0 Å². The number of thiophene rings is 1. The van der Waals surface area contributed by atoms with Crippen LogP contribution in [0.2, 0.25) is 0 Å². The SMILES string of the molecule is O=S(=O)(Cc1cccc(F)c1)NCc1ccc(C(O)c2ccccc2)s1. The van der Waals surface area contributed by atoms with Crippen LogP contribution in [0, 0.1) is 5.82 Å². The summed E-state index contributed by atoms with van der Waals surface area (Å²) in [7, 11) is -3.59. The predicted molar refractivity (Wildman–Crippen MR) is 101 cm³/mol. The van der Waals surface area contributed by atoms with Gasteiger partial charge in [-0.3, -0.25) is 0 Å². The lowest BCUT2D eigenvalue weighted by Crippen LogP contribution is -2.24. The zero-order valence-corrected chi connectivity index (χ0v) is 15.4. The number of rotatable bonds is 7. The van der Waals surface area contributed by atoms with Crippen molar-refractivity contribution < 1.29 is 17.9 Å². The largest absolute Gasteiger partial charge is 0.383 e. The molecule has 0 bridgehead atoms. The third kappa shape index (κ3) is 4.98. The van der Waals surface area contributed by atoms with Crippen molar-refractivity contribution in [2.45, 2.75) is 18.4 Å². The molecule has 26 heavy (non-hydrogen) atoms. The van der Waals surface area contributed by atoms with Gasteiger partial charge in [-0.25, -0.2) is 17.5 Å². The summed E-state index contributed by atoms with van der Waals surface area (Å²) in [5.41, 5.74) is 1.18. The summed E-state index contributed by atoms with van der Waals surface area (Å²) >= 11 is 1.35. The first kappa shape index (κ1) is 18.7. The lowest BCUT2D eigenvalue weighted by atomic mass is 10.1. The van der Waals surface area contributed by atoms with Crippen LogP contribution in [0.5, 0.6) is 0 Å². The molecule has 0 saturated heterocycles. The fraction of sp³-hybridized carbons (Fsp3) is 0.158. The molecule has 0 aliphatic rings. The molecule has 136 valence electrons. The Morgan fingerprint density at radius 2 is 1.81 bits per heavy atom. The summed E-state index contributed by atoms with van der Waals surface area (Å²) in [5, 5.41) is 10.4. The molecule has 0 aliphatic heterocycles. The molecular weight excluding hydrogens is 373 g/mol. The highest BCUT2D eigenvalue weighted by Gasteiger charge is 2.15. The van der Waals surface area contributed by atoms with E-state index in [9.17, 15) is 17.9 Å². The topological polar surface area (TPSA) is 66.4 Å².